The van der Waals surface area contributed by atoms with Gasteiger partial charge in [-0.2, -0.15) is 4.31 Å². The van der Waals surface area contributed by atoms with Gasteiger partial charge in [-0.25, -0.2) is 13.2 Å². The molecule has 1 saturated heterocycles. The van der Waals surface area contributed by atoms with E-state index in [1.807, 2.05) is 13.8 Å². The number of carbonyl (C=O) groups excluding carboxylic acids is 2. The summed E-state index contributed by atoms with van der Waals surface area (Å²) in [4.78, 5) is 23.8. The van der Waals surface area contributed by atoms with Crippen LogP contribution < -0.4 is 0 Å². The van der Waals surface area contributed by atoms with Gasteiger partial charge in [0.15, 0.2) is 0 Å². The summed E-state index contributed by atoms with van der Waals surface area (Å²) in [6.45, 7) is 4.70. The maximum atomic E-state index is 12.9. The number of hydrogen-bond acceptors (Lipinski definition) is 6. The van der Waals surface area contributed by atoms with Gasteiger partial charge in [0, 0.05) is 13.1 Å². The number of benzene rings is 1. The van der Waals surface area contributed by atoms with Crippen molar-refractivity contribution < 1.29 is 27.5 Å². The molecule has 1 aliphatic rings. The third-order valence-electron chi connectivity index (χ3n) is 4.26. The molecule has 0 aromatic heterocycles. The van der Waals surface area contributed by atoms with E-state index in [0.717, 1.165) is 0 Å². The van der Waals surface area contributed by atoms with E-state index in [0.29, 0.717) is 19.4 Å². The molecule has 8 heteroatoms. The van der Waals surface area contributed by atoms with Crippen LogP contribution in [0.4, 0.5) is 0 Å². The molecule has 0 saturated carbocycles. The molecule has 0 N–H and O–H groups in total. The van der Waals surface area contributed by atoms with Gasteiger partial charge in [0.25, 0.3) is 0 Å². The fraction of sp³-hybridized carbons (Fsp3) is 0.556. The Hall–Kier alpha value is -1.93. The molecule has 0 amide bonds. The Labute approximate surface area is 154 Å². The standard InChI is InChI=1S/C18H25NO6S/c1-13(2)12-25-17(20)14-8-10-19(11-9-14)26(22,23)16-7-5-4-6-15(16)18(21)24-3/h4-7,13-14H,8-12H2,1-3H3. The third-order valence-corrected chi connectivity index (χ3v) is 6.21. The monoisotopic (exact) mass is 383 g/mol. The second-order valence-corrected chi connectivity index (χ2v) is 8.60. The highest BCUT2D eigenvalue weighted by molar-refractivity contribution is 7.89. The largest absolute Gasteiger partial charge is 0.465 e. The number of rotatable bonds is 6. The van der Waals surface area contributed by atoms with Crippen molar-refractivity contribution in [1.29, 1.82) is 0 Å². The summed E-state index contributed by atoms with van der Waals surface area (Å²) in [5, 5.41) is 0. The van der Waals surface area contributed by atoms with Crippen LogP contribution in [-0.2, 0) is 24.3 Å². The van der Waals surface area contributed by atoms with Crippen LogP contribution in [0.25, 0.3) is 0 Å². The summed E-state index contributed by atoms with van der Waals surface area (Å²) in [7, 11) is -2.63. The molecule has 26 heavy (non-hydrogen) atoms. The fourth-order valence-electron chi connectivity index (χ4n) is 2.81. The maximum Gasteiger partial charge on any atom is 0.339 e. The van der Waals surface area contributed by atoms with Crippen LogP contribution in [-0.4, -0.2) is 51.5 Å². The first kappa shape index (κ1) is 20.4. The topological polar surface area (TPSA) is 90.0 Å². The lowest BCUT2D eigenvalue weighted by Crippen LogP contribution is -2.41. The summed E-state index contributed by atoms with van der Waals surface area (Å²) >= 11 is 0. The molecule has 0 radical (unpaired) electrons. The molecule has 0 bridgehead atoms. The van der Waals surface area contributed by atoms with Crippen molar-refractivity contribution in [3.63, 3.8) is 0 Å². The smallest absolute Gasteiger partial charge is 0.339 e. The Morgan fingerprint density at radius 1 is 1.19 bits per heavy atom. The molecule has 0 spiro atoms. The first-order valence-electron chi connectivity index (χ1n) is 8.61. The van der Waals surface area contributed by atoms with Crippen LogP contribution >= 0.6 is 0 Å². The van der Waals surface area contributed by atoms with E-state index in [1.165, 1.54) is 23.5 Å². The first-order valence-corrected chi connectivity index (χ1v) is 10.1. The molecule has 2 rings (SSSR count). The molecule has 1 aliphatic heterocycles. The summed E-state index contributed by atoms with van der Waals surface area (Å²) in [5.41, 5.74) is 0.00784. The van der Waals surface area contributed by atoms with E-state index in [4.69, 9.17) is 4.74 Å². The van der Waals surface area contributed by atoms with Crippen LogP contribution in [0.5, 0.6) is 0 Å². The van der Waals surface area contributed by atoms with Gasteiger partial charge in [0.05, 0.1) is 30.1 Å². The minimum absolute atomic E-state index is 0.00784. The van der Waals surface area contributed by atoms with Crippen molar-refractivity contribution in [2.24, 2.45) is 11.8 Å². The van der Waals surface area contributed by atoms with Gasteiger partial charge in [0.1, 0.15) is 0 Å². The van der Waals surface area contributed by atoms with Crippen molar-refractivity contribution in [1.82, 2.24) is 4.31 Å². The Bertz CT molecular complexity index is 751. The first-order chi connectivity index (χ1) is 12.3. The van der Waals surface area contributed by atoms with Gasteiger partial charge in [-0.05, 0) is 30.9 Å². The molecule has 1 fully saturated rings. The van der Waals surface area contributed by atoms with E-state index >= 15 is 0 Å². The van der Waals surface area contributed by atoms with Crippen LogP contribution in [0.1, 0.15) is 37.0 Å². The summed E-state index contributed by atoms with van der Waals surface area (Å²) in [5.74, 6) is -1.01. The normalized spacial score (nSPS) is 16.5. The number of esters is 2. The van der Waals surface area contributed by atoms with Gasteiger partial charge in [-0.1, -0.05) is 26.0 Å². The average Bonchev–Trinajstić information content (AvgIpc) is 2.65. The van der Waals surface area contributed by atoms with Crippen molar-refractivity contribution in [3.8, 4) is 0 Å². The lowest BCUT2D eigenvalue weighted by Gasteiger charge is -2.30. The Balaban J connectivity index is 2.09. The third kappa shape index (κ3) is 4.62. The van der Waals surface area contributed by atoms with Crippen LogP contribution in [0.3, 0.4) is 0 Å². The summed E-state index contributed by atoms with van der Waals surface area (Å²) < 4.78 is 37.1. The van der Waals surface area contributed by atoms with Crippen LogP contribution in [0.2, 0.25) is 0 Å². The summed E-state index contributed by atoms with van der Waals surface area (Å²) in [6, 6.07) is 5.97. The quantitative estimate of drug-likeness (QED) is 0.699. The predicted molar refractivity (Wildman–Crippen MR) is 95.1 cm³/mol. The molecule has 1 aromatic carbocycles. The van der Waals surface area contributed by atoms with Crippen molar-refractivity contribution >= 4 is 22.0 Å². The average molecular weight is 383 g/mol. The van der Waals surface area contributed by atoms with Crippen LogP contribution in [0, 0.1) is 11.8 Å². The number of piperidine rings is 1. The van der Waals surface area contributed by atoms with E-state index in [-0.39, 0.29) is 41.4 Å². The second kappa shape index (κ2) is 8.64. The summed E-state index contributed by atoms with van der Waals surface area (Å²) in [6.07, 6.45) is 0.799. The molecular formula is C18H25NO6S. The lowest BCUT2D eigenvalue weighted by molar-refractivity contribution is -0.150. The molecular weight excluding hydrogens is 358 g/mol. The number of sulfonamides is 1. The Morgan fingerprint density at radius 2 is 1.81 bits per heavy atom. The van der Waals surface area contributed by atoms with Crippen molar-refractivity contribution in [2.45, 2.75) is 31.6 Å². The molecule has 1 aromatic rings. The molecule has 7 nitrogen and oxygen atoms in total. The van der Waals surface area contributed by atoms with Gasteiger partial charge in [-0.3, -0.25) is 4.79 Å². The minimum Gasteiger partial charge on any atom is -0.465 e. The molecule has 0 atom stereocenters. The Morgan fingerprint density at radius 3 is 2.38 bits per heavy atom. The molecule has 1 heterocycles. The molecule has 0 unspecified atom stereocenters. The zero-order valence-electron chi connectivity index (χ0n) is 15.3. The number of carbonyl (C=O) groups is 2. The fourth-order valence-corrected chi connectivity index (χ4v) is 4.46. The van der Waals surface area contributed by atoms with E-state index < -0.39 is 16.0 Å². The highest BCUT2D eigenvalue weighted by Gasteiger charge is 2.34. The highest BCUT2D eigenvalue weighted by Crippen LogP contribution is 2.27. The van der Waals surface area contributed by atoms with Gasteiger partial charge >= 0.3 is 11.9 Å². The van der Waals surface area contributed by atoms with Crippen LogP contribution in [0.15, 0.2) is 29.2 Å². The lowest BCUT2D eigenvalue weighted by atomic mass is 9.98. The highest BCUT2D eigenvalue weighted by atomic mass is 32.2. The number of hydrogen-bond donors (Lipinski definition) is 0. The Kier molecular flexibility index (Phi) is 6.77. The maximum absolute atomic E-state index is 12.9. The number of nitrogens with zero attached hydrogens (tertiary/aromatic N) is 1. The molecule has 0 aliphatic carbocycles. The SMILES string of the molecule is COC(=O)c1ccccc1S(=O)(=O)N1CCC(C(=O)OCC(C)C)CC1. The van der Waals surface area contributed by atoms with Gasteiger partial charge in [-0.15, -0.1) is 0 Å². The predicted octanol–water partition coefficient (Wildman–Crippen LogP) is 2.07. The second-order valence-electron chi connectivity index (χ2n) is 6.69. The van der Waals surface area contributed by atoms with Gasteiger partial charge < -0.3 is 9.47 Å². The van der Waals surface area contributed by atoms with E-state index in [2.05, 4.69) is 4.74 Å². The van der Waals surface area contributed by atoms with Crippen molar-refractivity contribution in [3.05, 3.63) is 29.8 Å². The minimum atomic E-state index is -3.84. The zero-order chi connectivity index (χ0) is 19.3. The number of ether oxygens (including phenoxy) is 2. The van der Waals surface area contributed by atoms with Gasteiger partial charge in [0.2, 0.25) is 10.0 Å². The van der Waals surface area contributed by atoms with E-state index in [9.17, 15) is 18.0 Å². The van der Waals surface area contributed by atoms with Crippen molar-refractivity contribution in [2.75, 3.05) is 26.8 Å². The van der Waals surface area contributed by atoms with E-state index in [1.54, 1.807) is 12.1 Å². The molecule has 144 valence electrons. The zero-order valence-corrected chi connectivity index (χ0v) is 16.1. The number of methoxy groups -OCH3 is 1.